The molecule has 0 saturated carbocycles. The number of pyridine rings is 1. The molecule has 0 amide bonds. The lowest BCUT2D eigenvalue weighted by atomic mass is 10.1. The molecule has 8 heteroatoms. The zero-order chi connectivity index (χ0) is 12.5. The van der Waals surface area contributed by atoms with E-state index in [-0.39, 0.29) is 5.56 Å². The van der Waals surface area contributed by atoms with Crippen LogP contribution in [0.4, 0.5) is 22.0 Å². The van der Waals surface area contributed by atoms with Crippen LogP contribution in [-0.2, 0) is 12.8 Å². The number of halogens is 6. The van der Waals surface area contributed by atoms with Gasteiger partial charge in [-0.15, -0.1) is 0 Å². The molecule has 0 aliphatic carbocycles. The average molecular weight is 353 g/mol. The molecule has 0 aliphatic rings. The van der Waals surface area contributed by atoms with Crippen molar-refractivity contribution in [1.82, 2.24) is 4.98 Å². The fourth-order valence-electron chi connectivity index (χ4n) is 1.09. The van der Waals surface area contributed by atoms with E-state index in [0.29, 0.717) is 0 Å². The Morgan fingerprint density at radius 1 is 1.38 bits per heavy atom. The summed E-state index contributed by atoms with van der Waals surface area (Å²) in [5, 5.41) is 8.74. The SMILES string of the molecule is OCc1cnc(C(F)F)c(C(F)(F)F)c1I. The molecule has 16 heavy (non-hydrogen) atoms. The molecule has 1 N–H and O–H groups in total. The van der Waals surface area contributed by atoms with Crippen molar-refractivity contribution < 1.29 is 27.1 Å². The van der Waals surface area contributed by atoms with E-state index >= 15 is 0 Å². The minimum absolute atomic E-state index is 0.127. The normalized spacial score (nSPS) is 12.2. The molecular weight excluding hydrogens is 348 g/mol. The molecule has 0 aromatic carbocycles. The number of hydrogen-bond acceptors (Lipinski definition) is 2. The predicted octanol–water partition coefficient (Wildman–Crippen LogP) is 3.13. The summed E-state index contributed by atoms with van der Waals surface area (Å²) in [5.74, 6) is 0. The minimum atomic E-state index is -4.92. The van der Waals surface area contributed by atoms with Crippen LogP contribution in [0.1, 0.15) is 23.2 Å². The summed E-state index contributed by atoms with van der Waals surface area (Å²) in [6.45, 7) is -0.683. The van der Waals surface area contributed by atoms with Gasteiger partial charge in [-0.25, -0.2) is 8.78 Å². The highest BCUT2D eigenvalue weighted by Crippen LogP contribution is 2.39. The maximum Gasteiger partial charge on any atom is 0.419 e. The van der Waals surface area contributed by atoms with Gasteiger partial charge in [0.25, 0.3) is 6.43 Å². The third kappa shape index (κ3) is 2.59. The minimum Gasteiger partial charge on any atom is -0.392 e. The van der Waals surface area contributed by atoms with Gasteiger partial charge in [-0.05, 0) is 22.6 Å². The van der Waals surface area contributed by atoms with Gasteiger partial charge in [0.15, 0.2) is 0 Å². The second-order valence-corrected chi connectivity index (χ2v) is 3.89. The van der Waals surface area contributed by atoms with Crippen molar-refractivity contribution in [1.29, 1.82) is 0 Å². The third-order valence-corrected chi connectivity index (χ3v) is 3.01. The van der Waals surface area contributed by atoms with Crippen LogP contribution in [0, 0.1) is 3.57 Å². The molecule has 0 radical (unpaired) electrons. The topological polar surface area (TPSA) is 33.1 Å². The van der Waals surface area contributed by atoms with Crippen molar-refractivity contribution in [3.05, 3.63) is 26.6 Å². The number of nitrogens with zero attached hydrogens (tertiary/aromatic N) is 1. The first-order valence-corrected chi connectivity index (χ1v) is 5.00. The van der Waals surface area contributed by atoms with E-state index in [1.807, 2.05) is 0 Å². The molecular formula is C8H5F5INO. The van der Waals surface area contributed by atoms with Crippen molar-refractivity contribution in [3.8, 4) is 0 Å². The van der Waals surface area contributed by atoms with Gasteiger partial charge in [-0.1, -0.05) is 0 Å². The van der Waals surface area contributed by atoms with Crippen molar-refractivity contribution in [2.24, 2.45) is 0 Å². The van der Waals surface area contributed by atoms with Gasteiger partial charge >= 0.3 is 6.18 Å². The summed E-state index contributed by atoms with van der Waals surface area (Å²) in [6, 6.07) is 0. The number of aliphatic hydroxyl groups excluding tert-OH is 1. The molecule has 0 fully saturated rings. The second-order valence-electron chi connectivity index (χ2n) is 2.81. The van der Waals surface area contributed by atoms with E-state index < -0.39 is 34.0 Å². The molecule has 1 heterocycles. The first kappa shape index (κ1) is 13.6. The van der Waals surface area contributed by atoms with Crippen LogP contribution < -0.4 is 0 Å². The summed E-state index contributed by atoms with van der Waals surface area (Å²) in [4.78, 5) is 3.04. The van der Waals surface area contributed by atoms with Crippen LogP contribution in [0.3, 0.4) is 0 Å². The Hall–Kier alpha value is -0.510. The molecule has 0 atom stereocenters. The van der Waals surface area contributed by atoms with Crippen LogP contribution in [0.5, 0.6) is 0 Å². The number of alkyl halides is 5. The Bertz CT molecular complexity index is 393. The van der Waals surface area contributed by atoms with E-state index in [2.05, 4.69) is 4.98 Å². The summed E-state index contributed by atoms with van der Waals surface area (Å²) < 4.78 is 61.8. The standard InChI is InChI=1S/C8H5F5INO/c9-7(10)6-4(8(11,12)13)5(14)3(2-16)1-15-6/h1,7,16H,2H2. The van der Waals surface area contributed by atoms with Crippen LogP contribution >= 0.6 is 22.6 Å². The molecule has 0 unspecified atom stereocenters. The first-order chi connectivity index (χ1) is 7.29. The molecule has 90 valence electrons. The van der Waals surface area contributed by atoms with Crippen LogP contribution in [0.25, 0.3) is 0 Å². The fourth-order valence-corrected chi connectivity index (χ4v) is 1.98. The molecule has 2 nitrogen and oxygen atoms in total. The predicted molar refractivity (Wildman–Crippen MR) is 52.8 cm³/mol. The molecule has 1 rings (SSSR count). The van der Waals surface area contributed by atoms with Crippen LogP contribution in [0.2, 0.25) is 0 Å². The highest BCUT2D eigenvalue weighted by atomic mass is 127. The lowest BCUT2D eigenvalue weighted by molar-refractivity contribution is -0.140. The van der Waals surface area contributed by atoms with Gasteiger partial charge in [0.1, 0.15) is 5.69 Å². The molecule has 1 aromatic heterocycles. The summed E-state index contributed by atoms with van der Waals surface area (Å²) in [7, 11) is 0. The van der Waals surface area contributed by atoms with Crippen molar-refractivity contribution in [2.75, 3.05) is 0 Å². The maximum atomic E-state index is 12.5. The number of hydrogen-bond donors (Lipinski definition) is 1. The molecule has 1 aromatic rings. The first-order valence-electron chi connectivity index (χ1n) is 3.92. The number of rotatable bonds is 2. The lowest BCUT2D eigenvalue weighted by Gasteiger charge is -2.15. The van der Waals surface area contributed by atoms with Crippen molar-refractivity contribution in [2.45, 2.75) is 19.2 Å². The van der Waals surface area contributed by atoms with E-state index in [1.165, 1.54) is 22.6 Å². The summed E-state index contributed by atoms with van der Waals surface area (Å²) in [6.07, 6.45) is -7.41. The Kier molecular flexibility index (Phi) is 4.05. The van der Waals surface area contributed by atoms with Gasteiger partial charge in [-0.2, -0.15) is 13.2 Å². The van der Waals surface area contributed by atoms with Gasteiger partial charge in [0.05, 0.1) is 12.2 Å². The third-order valence-electron chi connectivity index (χ3n) is 1.78. The monoisotopic (exact) mass is 353 g/mol. The van der Waals surface area contributed by atoms with E-state index in [1.54, 1.807) is 0 Å². The van der Waals surface area contributed by atoms with Gasteiger partial charge in [0, 0.05) is 15.3 Å². The van der Waals surface area contributed by atoms with Gasteiger partial charge < -0.3 is 5.11 Å². The number of aromatic nitrogens is 1. The second kappa shape index (κ2) is 4.78. The Morgan fingerprint density at radius 3 is 2.31 bits per heavy atom. The largest absolute Gasteiger partial charge is 0.419 e. The maximum absolute atomic E-state index is 12.5. The summed E-state index contributed by atoms with van der Waals surface area (Å²) in [5.41, 5.74) is -2.92. The average Bonchev–Trinajstić information content (AvgIpc) is 2.14. The quantitative estimate of drug-likeness (QED) is 0.655. The molecule has 0 aliphatic heterocycles. The zero-order valence-corrected chi connectivity index (χ0v) is 9.68. The van der Waals surface area contributed by atoms with Gasteiger partial charge in [-0.3, -0.25) is 4.98 Å². The van der Waals surface area contributed by atoms with E-state index in [9.17, 15) is 22.0 Å². The lowest BCUT2D eigenvalue weighted by Crippen LogP contribution is -2.15. The van der Waals surface area contributed by atoms with Crippen LogP contribution in [-0.4, -0.2) is 10.1 Å². The van der Waals surface area contributed by atoms with E-state index in [0.717, 1.165) is 6.20 Å². The smallest absolute Gasteiger partial charge is 0.392 e. The van der Waals surface area contributed by atoms with Crippen molar-refractivity contribution >= 4 is 22.6 Å². The highest BCUT2D eigenvalue weighted by Gasteiger charge is 2.39. The van der Waals surface area contributed by atoms with E-state index in [4.69, 9.17) is 5.11 Å². The fraction of sp³-hybridized carbons (Fsp3) is 0.375. The van der Waals surface area contributed by atoms with Gasteiger partial charge in [0.2, 0.25) is 0 Å². The molecule has 0 bridgehead atoms. The molecule has 0 spiro atoms. The molecule has 0 saturated heterocycles. The Balaban J connectivity index is 3.50. The highest BCUT2D eigenvalue weighted by molar-refractivity contribution is 14.1. The van der Waals surface area contributed by atoms with Crippen LogP contribution in [0.15, 0.2) is 6.20 Å². The zero-order valence-electron chi connectivity index (χ0n) is 7.52. The number of aliphatic hydroxyl groups is 1. The van der Waals surface area contributed by atoms with Crippen molar-refractivity contribution in [3.63, 3.8) is 0 Å². The summed E-state index contributed by atoms with van der Waals surface area (Å²) >= 11 is 1.27. The Morgan fingerprint density at radius 2 is 1.94 bits per heavy atom. The Labute approximate surface area is 101 Å².